The molecule has 2 heterocycles. The second kappa shape index (κ2) is 10.0. The minimum atomic E-state index is -0.0115. The third-order valence-corrected chi connectivity index (χ3v) is 7.48. The van der Waals surface area contributed by atoms with Crippen LogP contribution < -0.4 is 14.8 Å². The second-order valence-electron chi connectivity index (χ2n) is 9.51. The van der Waals surface area contributed by atoms with Crippen molar-refractivity contribution in [2.45, 2.75) is 57.1 Å². The van der Waals surface area contributed by atoms with Crippen molar-refractivity contribution in [3.63, 3.8) is 0 Å². The maximum Gasteiger partial charge on any atom is 0.321 e. The van der Waals surface area contributed by atoms with Crippen LogP contribution in [0.5, 0.6) is 11.5 Å². The first-order valence-electron chi connectivity index (χ1n) is 12.4. The van der Waals surface area contributed by atoms with Gasteiger partial charge in [0, 0.05) is 50.7 Å². The number of urea groups is 1. The molecule has 2 aromatic rings. The number of nitrogens with one attached hydrogen (secondary N) is 1. The van der Waals surface area contributed by atoms with E-state index in [1.54, 1.807) is 7.11 Å². The number of hydrogen-bond donors (Lipinski definition) is 1. The van der Waals surface area contributed by atoms with Crippen molar-refractivity contribution < 1.29 is 14.3 Å². The smallest absolute Gasteiger partial charge is 0.321 e. The standard InChI is InChI=1S/C27H35N3O3/c1-32-24-7-9-25(10-8-24)33-26-13-17-30(18-14-26)27(31)28-22-6-5-20-11-15-29(23-3-2-4-23)16-12-21(20)19-22/h5-10,19,23,26H,2-4,11-18H2,1H3,(H,28,31). The van der Waals surface area contributed by atoms with E-state index in [0.29, 0.717) is 13.1 Å². The lowest BCUT2D eigenvalue weighted by atomic mass is 9.91. The molecule has 1 saturated heterocycles. The van der Waals surface area contributed by atoms with Crippen LogP contribution in [-0.4, -0.2) is 61.3 Å². The molecule has 1 aliphatic carbocycles. The number of piperidine rings is 1. The Morgan fingerprint density at radius 2 is 1.58 bits per heavy atom. The van der Waals surface area contributed by atoms with Crippen molar-refractivity contribution in [3.05, 3.63) is 53.6 Å². The maximum atomic E-state index is 12.9. The number of fused-ring (bicyclic) bond motifs is 1. The van der Waals surface area contributed by atoms with Gasteiger partial charge in [0.1, 0.15) is 17.6 Å². The van der Waals surface area contributed by atoms with Gasteiger partial charge in [-0.05, 0) is 73.2 Å². The minimum Gasteiger partial charge on any atom is -0.497 e. The van der Waals surface area contributed by atoms with Crippen molar-refractivity contribution in [2.24, 2.45) is 0 Å². The minimum absolute atomic E-state index is 0.0115. The average molecular weight is 450 g/mol. The highest BCUT2D eigenvalue weighted by Gasteiger charge is 2.27. The first-order valence-corrected chi connectivity index (χ1v) is 12.4. The van der Waals surface area contributed by atoms with Crippen molar-refractivity contribution in [3.8, 4) is 11.5 Å². The second-order valence-corrected chi connectivity index (χ2v) is 9.51. The van der Waals surface area contributed by atoms with Gasteiger partial charge in [0.2, 0.25) is 0 Å². The number of anilines is 1. The fourth-order valence-electron chi connectivity index (χ4n) is 5.16. The summed E-state index contributed by atoms with van der Waals surface area (Å²) in [4.78, 5) is 17.4. The van der Waals surface area contributed by atoms with Crippen LogP contribution in [-0.2, 0) is 12.8 Å². The number of ether oxygens (including phenoxy) is 2. The third-order valence-electron chi connectivity index (χ3n) is 7.48. The van der Waals surface area contributed by atoms with Crippen molar-refractivity contribution in [2.75, 3.05) is 38.6 Å². The number of benzene rings is 2. The highest BCUT2D eigenvalue weighted by Crippen LogP contribution is 2.28. The number of likely N-dealkylation sites (tertiary alicyclic amines) is 1. The van der Waals surface area contributed by atoms with E-state index in [4.69, 9.17) is 9.47 Å². The average Bonchev–Trinajstić information content (AvgIpc) is 3.01. The van der Waals surface area contributed by atoms with E-state index >= 15 is 0 Å². The van der Waals surface area contributed by atoms with Gasteiger partial charge in [-0.25, -0.2) is 4.79 Å². The molecule has 1 saturated carbocycles. The number of amides is 2. The third kappa shape index (κ3) is 5.27. The quantitative estimate of drug-likeness (QED) is 0.717. The van der Waals surface area contributed by atoms with Gasteiger partial charge >= 0.3 is 6.03 Å². The molecule has 0 aromatic heterocycles. The number of carbonyl (C=O) groups is 1. The summed E-state index contributed by atoms with van der Waals surface area (Å²) < 4.78 is 11.3. The van der Waals surface area contributed by atoms with Gasteiger partial charge in [-0.2, -0.15) is 0 Å². The van der Waals surface area contributed by atoms with Gasteiger partial charge in [-0.15, -0.1) is 0 Å². The van der Waals surface area contributed by atoms with Gasteiger partial charge in [0.25, 0.3) is 0 Å². The first kappa shape index (κ1) is 22.1. The summed E-state index contributed by atoms with van der Waals surface area (Å²) in [6, 6.07) is 14.9. The summed E-state index contributed by atoms with van der Waals surface area (Å²) in [7, 11) is 1.66. The molecule has 176 valence electrons. The van der Waals surface area contributed by atoms with E-state index in [-0.39, 0.29) is 12.1 Å². The van der Waals surface area contributed by atoms with Crippen molar-refractivity contribution in [1.82, 2.24) is 9.80 Å². The molecular formula is C27H35N3O3. The summed E-state index contributed by atoms with van der Waals surface area (Å²) in [6.07, 6.45) is 8.09. The topological polar surface area (TPSA) is 54.0 Å². The first-order chi connectivity index (χ1) is 16.2. The van der Waals surface area contributed by atoms with Crippen molar-refractivity contribution >= 4 is 11.7 Å². The van der Waals surface area contributed by atoms with E-state index in [9.17, 15) is 4.79 Å². The molecular weight excluding hydrogens is 414 g/mol. The van der Waals surface area contributed by atoms with E-state index in [1.807, 2.05) is 29.2 Å². The molecule has 33 heavy (non-hydrogen) atoms. The predicted molar refractivity (Wildman–Crippen MR) is 130 cm³/mol. The lowest BCUT2D eigenvalue weighted by molar-refractivity contribution is 0.115. The fraction of sp³-hybridized carbons (Fsp3) is 0.519. The molecule has 0 unspecified atom stereocenters. The summed E-state index contributed by atoms with van der Waals surface area (Å²) in [5.74, 6) is 1.67. The molecule has 6 nitrogen and oxygen atoms in total. The summed E-state index contributed by atoms with van der Waals surface area (Å²) in [5.41, 5.74) is 3.74. The summed E-state index contributed by atoms with van der Waals surface area (Å²) >= 11 is 0. The van der Waals surface area contributed by atoms with Crippen LogP contribution in [0.15, 0.2) is 42.5 Å². The molecule has 2 fully saturated rings. The molecule has 0 bridgehead atoms. The van der Waals surface area contributed by atoms with Crippen LogP contribution in [0.25, 0.3) is 0 Å². The zero-order valence-corrected chi connectivity index (χ0v) is 19.6. The number of rotatable bonds is 5. The van der Waals surface area contributed by atoms with Crippen molar-refractivity contribution in [1.29, 1.82) is 0 Å². The van der Waals surface area contributed by atoms with Crippen LogP contribution in [0.1, 0.15) is 43.2 Å². The normalized spacial score (nSPS) is 19.8. The Labute approximate surface area is 196 Å². The zero-order chi connectivity index (χ0) is 22.6. The zero-order valence-electron chi connectivity index (χ0n) is 19.6. The van der Waals surface area contributed by atoms with E-state index in [0.717, 1.165) is 62.0 Å². The summed E-state index contributed by atoms with van der Waals surface area (Å²) in [5, 5.41) is 3.13. The van der Waals surface area contributed by atoms with Gasteiger partial charge in [0.05, 0.1) is 7.11 Å². The van der Waals surface area contributed by atoms with Gasteiger partial charge in [-0.1, -0.05) is 12.5 Å². The Morgan fingerprint density at radius 1 is 0.879 bits per heavy atom. The molecule has 2 aromatic carbocycles. The number of hydrogen-bond acceptors (Lipinski definition) is 4. The monoisotopic (exact) mass is 449 g/mol. The van der Waals surface area contributed by atoms with Crippen LogP contribution in [0.3, 0.4) is 0 Å². The molecule has 2 amide bonds. The van der Waals surface area contributed by atoms with Crippen LogP contribution in [0, 0.1) is 0 Å². The molecule has 0 spiro atoms. The van der Waals surface area contributed by atoms with E-state index in [2.05, 4.69) is 28.4 Å². The predicted octanol–water partition coefficient (Wildman–Crippen LogP) is 4.72. The highest BCUT2D eigenvalue weighted by atomic mass is 16.5. The Morgan fingerprint density at radius 3 is 2.24 bits per heavy atom. The van der Waals surface area contributed by atoms with E-state index in [1.165, 1.54) is 30.4 Å². The molecule has 0 radical (unpaired) electrons. The molecule has 6 heteroatoms. The van der Waals surface area contributed by atoms with Gasteiger partial charge in [-0.3, -0.25) is 4.90 Å². The molecule has 0 atom stereocenters. The lowest BCUT2D eigenvalue weighted by Crippen LogP contribution is -2.43. The number of methoxy groups -OCH3 is 1. The molecule has 1 N–H and O–H groups in total. The number of carbonyl (C=O) groups excluding carboxylic acids is 1. The van der Waals surface area contributed by atoms with E-state index < -0.39 is 0 Å². The lowest BCUT2D eigenvalue weighted by Gasteiger charge is -2.36. The number of nitrogens with zero attached hydrogens (tertiary/aromatic N) is 2. The fourth-order valence-corrected chi connectivity index (χ4v) is 5.16. The SMILES string of the molecule is COc1ccc(OC2CCN(C(=O)Nc3ccc4c(c3)CCN(C3CCC3)CC4)CC2)cc1. The Kier molecular flexibility index (Phi) is 6.72. The van der Waals surface area contributed by atoms with Crippen LogP contribution in [0.2, 0.25) is 0 Å². The van der Waals surface area contributed by atoms with Gasteiger partial charge in [0.15, 0.2) is 0 Å². The van der Waals surface area contributed by atoms with Gasteiger partial charge < -0.3 is 19.7 Å². The maximum absolute atomic E-state index is 12.9. The molecule has 2 aliphatic heterocycles. The Hall–Kier alpha value is -2.73. The summed E-state index contributed by atoms with van der Waals surface area (Å²) in [6.45, 7) is 3.70. The highest BCUT2D eigenvalue weighted by molar-refractivity contribution is 5.89. The molecule has 5 rings (SSSR count). The van der Waals surface area contributed by atoms with Crippen LogP contribution in [0.4, 0.5) is 10.5 Å². The van der Waals surface area contributed by atoms with Crippen LogP contribution >= 0.6 is 0 Å². The largest absolute Gasteiger partial charge is 0.497 e. The Balaban J connectivity index is 1.11. The molecule has 3 aliphatic rings. The Bertz CT molecular complexity index is 950.